The number of halogens is 1. The molecule has 0 aliphatic rings. The van der Waals surface area contributed by atoms with Gasteiger partial charge >= 0.3 is 5.97 Å². The average molecular weight is 417 g/mol. The number of rotatable bonds is 6. The Labute approximate surface area is 170 Å². The molecule has 144 valence electrons. The van der Waals surface area contributed by atoms with Gasteiger partial charge in [-0.1, -0.05) is 41.9 Å². The molecule has 1 N–H and O–H groups in total. The molecule has 0 bridgehead atoms. The highest BCUT2D eigenvalue weighted by molar-refractivity contribution is 7.15. The van der Waals surface area contributed by atoms with Crippen molar-refractivity contribution in [3.63, 3.8) is 0 Å². The number of thiophene rings is 1. The van der Waals surface area contributed by atoms with E-state index >= 15 is 0 Å². The highest BCUT2D eigenvalue weighted by Crippen LogP contribution is 2.36. The van der Waals surface area contributed by atoms with Crippen molar-refractivity contribution in [2.24, 2.45) is 0 Å². The quantitative estimate of drug-likeness (QED) is 0.615. The maximum absolute atomic E-state index is 12.5. The van der Waals surface area contributed by atoms with Gasteiger partial charge in [0.1, 0.15) is 17.1 Å². The summed E-state index contributed by atoms with van der Waals surface area (Å²) in [6.07, 6.45) is 1.39. The van der Waals surface area contributed by atoms with E-state index in [1.165, 1.54) is 34.2 Å². The second-order valence-electron chi connectivity index (χ2n) is 5.80. The first-order valence-corrected chi connectivity index (χ1v) is 9.75. The lowest BCUT2D eigenvalue weighted by atomic mass is 10.0. The number of carbonyl (C=O) groups excluding carboxylic acids is 2. The van der Waals surface area contributed by atoms with E-state index < -0.39 is 11.9 Å². The van der Waals surface area contributed by atoms with Crippen molar-refractivity contribution in [3.05, 3.63) is 75.0 Å². The number of amides is 1. The number of ether oxygens (including phenoxy) is 1. The zero-order chi connectivity index (χ0) is 20.1. The predicted octanol–water partition coefficient (Wildman–Crippen LogP) is 4.05. The minimum Gasteiger partial charge on any atom is -0.462 e. The Balaban J connectivity index is 1.90. The van der Waals surface area contributed by atoms with Crippen LogP contribution in [0.25, 0.3) is 11.1 Å². The first kappa shape index (κ1) is 19.9. The van der Waals surface area contributed by atoms with Crippen LogP contribution in [-0.4, -0.2) is 23.1 Å². The number of pyridine rings is 1. The number of hydrogen-bond acceptors (Lipinski definition) is 5. The van der Waals surface area contributed by atoms with Crippen LogP contribution in [0, 0.1) is 0 Å². The van der Waals surface area contributed by atoms with E-state index in [2.05, 4.69) is 5.32 Å². The summed E-state index contributed by atoms with van der Waals surface area (Å²) < 4.78 is 6.37. The molecular weight excluding hydrogens is 400 g/mol. The fourth-order valence-corrected chi connectivity index (χ4v) is 3.79. The lowest BCUT2D eigenvalue weighted by Gasteiger charge is -2.10. The summed E-state index contributed by atoms with van der Waals surface area (Å²) in [4.78, 5) is 36.8. The molecular formula is C20H17ClN2O4S. The zero-order valence-electron chi connectivity index (χ0n) is 15.0. The van der Waals surface area contributed by atoms with Crippen molar-refractivity contribution in [1.29, 1.82) is 0 Å². The average Bonchev–Trinajstić information content (AvgIpc) is 3.09. The third kappa shape index (κ3) is 4.49. The molecule has 3 aromatic rings. The zero-order valence-corrected chi connectivity index (χ0v) is 16.5. The van der Waals surface area contributed by atoms with E-state index in [-0.39, 0.29) is 18.7 Å². The van der Waals surface area contributed by atoms with E-state index in [1.54, 1.807) is 12.3 Å². The number of esters is 1. The van der Waals surface area contributed by atoms with Gasteiger partial charge in [-0.3, -0.25) is 9.59 Å². The normalized spacial score (nSPS) is 10.5. The van der Waals surface area contributed by atoms with Crippen LogP contribution in [0.4, 0.5) is 5.00 Å². The second kappa shape index (κ2) is 8.86. The van der Waals surface area contributed by atoms with Crippen LogP contribution in [0.15, 0.2) is 58.8 Å². The second-order valence-corrected chi connectivity index (χ2v) is 7.12. The van der Waals surface area contributed by atoms with Crippen molar-refractivity contribution in [2.75, 3.05) is 11.9 Å². The molecule has 0 aliphatic heterocycles. The smallest absolute Gasteiger partial charge is 0.341 e. The van der Waals surface area contributed by atoms with Gasteiger partial charge in [-0.15, -0.1) is 11.3 Å². The summed E-state index contributed by atoms with van der Waals surface area (Å²) in [6, 6.07) is 12.1. The van der Waals surface area contributed by atoms with Crippen LogP contribution in [0.2, 0.25) is 5.02 Å². The molecule has 1 amide bonds. The van der Waals surface area contributed by atoms with E-state index in [0.29, 0.717) is 21.2 Å². The number of nitrogens with one attached hydrogen (secondary N) is 1. The van der Waals surface area contributed by atoms with Crippen molar-refractivity contribution in [3.8, 4) is 11.1 Å². The molecule has 0 spiro atoms. The van der Waals surface area contributed by atoms with Crippen LogP contribution in [0.1, 0.15) is 17.3 Å². The first-order chi connectivity index (χ1) is 13.5. The molecule has 0 atom stereocenters. The lowest BCUT2D eigenvalue weighted by Crippen LogP contribution is -2.27. The van der Waals surface area contributed by atoms with Gasteiger partial charge in [0.15, 0.2) is 0 Å². The monoisotopic (exact) mass is 416 g/mol. The topological polar surface area (TPSA) is 77.4 Å². The van der Waals surface area contributed by atoms with Crippen molar-refractivity contribution in [1.82, 2.24) is 4.57 Å². The number of benzene rings is 1. The molecule has 2 aromatic heterocycles. The summed E-state index contributed by atoms with van der Waals surface area (Å²) >= 11 is 7.11. The Morgan fingerprint density at radius 2 is 1.93 bits per heavy atom. The lowest BCUT2D eigenvalue weighted by molar-refractivity contribution is -0.116. The molecule has 0 saturated heterocycles. The van der Waals surface area contributed by atoms with Gasteiger partial charge in [0.2, 0.25) is 5.91 Å². The summed E-state index contributed by atoms with van der Waals surface area (Å²) in [5.41, 5.74) is 1.47. The van der Waals surface area contributed by atoms with Gasteiger partial charge in [-0.05, 0) is 18.6 Å². The third-order valence-corrected chi connectivity index (χ3v) is 4.99. The molecule has 0 unspecified atom stereocenters. The van der Waals surface area contributed by atoms with E-state index in [4.69, 9.17) is 16.3 Å². The number of aromatic nitrogens is 1. The molecule has 0 fully saturated rings. The molecule has 2 heterocycles. The maximum atomic E-state index is 12.5. The van der Waals surface area contributed by atoms with Crippen LogP contribution in [0.3, 0.4) is 0 Å². The Morgan fingerprint density at radius 3 is 2.64 bits per heavy atom. The number of carbonyl (C=O) groups is 2. The number of anilines is 1. The first-order valence-electron chi connectivity index (χ1n) is 8.49. The van der Waals surface area contributed by atoms with Gasteiger partial charge in [-0.2, -0.15) is 0 Å². The van der Waals surface area contributed by atoms with Gasteiger partial charge in [0.25, 0.3) is 5.56 Å². The van der Waals surface area contributed by atoms with E-state index in [9.17, 15) is 14.4 Å². The molecule has 1 aromatic carbocycles. The highest BCUT2D eigenvalue weighted by Gasteiger charge is 2.22. The van der Waals surface area contributed by atoms with Crippen LogP contribution in [-0.2, 0) is 16.1 Å². The van der Waals surface area contributed by atoms with Gasteiger partial charge in [-0.25, -0.2) is 4.79 Å². The molecule has 0 saturated carbocycles. The summed E-state index contributed by atoms with van der Waals surface area (Å²) in [5.74, 6) is -0.964. The highest BCUT2D eigenvalue weighted by atomic mass is 35.5. The van der Waals surface area contributed by atoms with Crippen LogP contribution < -0.4 is 10.9 Å². The molecule has 28 heavy (non-hydrogen) atoms. The Hall–Kier alpha value is -2.90. The fourth-order valence-electron chi connectivity index (χ4n) is 2.63. The minimum atomic E-state index is -0.516. The van der Waals surface area contributed by atoms with Gasteiger partial charge in [0.05, 0.1) is 11.6 Å². The third-order valence-electron chi connectivity index (χ3n) is 3.87. The molecule has 3 rings (SSSR count). The van der Waals surface area contributed by atoms with Crippen molar-refractivity contribution >= 4 is 39.8 Å². The van der Waals surface area contributed by atoms with Gasteiger partial charge in [0, 0.05) is 23.2 Å². The Bertz CT molecular complexity index is 1060. The Morgan fingerprint density at radius 1 is 1.18 bits per heavy atom. The number of nitrogens with zero attached hydrogens (tertiary/aromatic N) is 1. The maximum Gasteiger partial charge on any atom is 0.341 e. The summed E-state index contributed by atoms with van der Waals surface area (Å²) in [6.45, 7) is 1.71. The van der Waals surface area contributed by atoms with E-state index in [1.807, 2.05) is 30.3 Å². The molecule has 6 nitrogen and oxygen atoms in total. The largest absolute Gasteiger partial charge is 0.462 e. The predicted molar refractivity (Wildman–Crippen MR) is 110 cm³/mol. The van der Waals surface area contributed by atoms with Crippen molar-refractivity contribution < 1.29 is 14.3 Å². The van der Waals surface area contributed by atoms with E-state index in [0.717, 1.165) is 5.56 Å². The standard InChI is InChI=1S/C20H17ClN2O4S/c1-2-27-20(26)18-15(13-6-4-3-5-7-13)12-28-19(18)22-16(24)11-23-10-14(21)8-9-17(23)25/h3-10,12H,2,11H2,1H3,(H,22,24). The Kier molecular flexibility index (Phi) is 6.28. The van der Waals surface area contributed by atoms with Crippen LogP contribution in [0.5, 0.6) is 0 Å². The van der Waals surface area contributed by atoms with Crippen molar-refractivity contribution in [2.45, 2.75) is 13.5 Å². The molecule has 8 heteroatoms. The fraction of sp³-hybridized carbons (Fsp3) is 0.150. The molecule has 0 aliphatic carbocycles. The molecule has 0 radical (unpaired) electrons. The van der Waals surface area contributed by atoms with Crippen LogP contribution >= 0.6 is 22.9 Å². The van der Waals surface area contributed by atoms with Gasteiger partial charge < -0.3 is 14.6 Å². The number of hydrogen-bond donors (Lipinski definition) is 1. The minimum absolute atomic E-state index is 0.216. The SMILES string of the molecule is CCOC(=O)c1c(-c2ccccc2)csc1NC(=O)Cn1cc(Cl)ccc1=O. The summed E-state index contributed by atoms with van der Waals surface area (Å²) in [5, 5.41) is 5.23. The summed E-state index contributed by atoms with van der Waals surface area (Å²) in [7, 11) is 0.